The summed E-state index contributed by atoms with van der Waals surface area (Å²) in [5, 5.41) is 15.5. The Kier molecular flexibility index (Phi) is 6.45. The van der Waals surface area contributed by atoms with Crippen LogP contribution in [-0.4, -0.2) is 58.2 Å². The summed E-state index contributed by atoms with van der Waals surface area (Å²) in [6, 6.07) is 11.8. The van der Waals surface area contributed by atoms with Gasteiger partial charge in [0.25, 0.3) is 5.69 Å². The molecule has 2 heterocycles. The fourth-order valence-electron chi connectivity index (χ4n) is 3.58. The first-order valence-electron chi connectivity index (χ1n) is 9.86. The number of rotatable bonds is 7. The van der Waals surface area contributed by atoms with Crippen LogP contribution in [-0.2, 0) is 13.1 Å². The molecule has 0 atom stereocenters. The molecule has 0 aliphatic carbocycles. The second kappa shape index (κ2) is 9.42. The van der Waals surface area contributed by atoms with Crippen LogP contribution in [0.5, 0.6) is 5.75 Å². The summed E-state index contributed by atoms with van der Waals surface area (Å²) in [5.41, 5.74) is 1.79. The van der Waals surface area contributed by atoms with Crippen molar-refractivity contribution in [2.75, 3.05) is 33.3 Å². The van der Waals surface area contributed by atoms with E-state index in [2.05, 4.69) is 19.9 Å². The number of ether oxygens (including phenoxy) is 1. The minimum absolute atomic E-state index is 0.0285. The van der Waals surface area contributed by atoms with Gasteiger partial charge in [0.1, 0.15) is 5.75 Å². The number of halogens is 1. The Hall–Kier alpha value is -3.01. The number of nitro benzene ring substituents is 1. The zero-order valence-electron chi connectivity index (χ0n) is 17.0. The van der Waals surface area contributed by atoms with Crippen LogP contribution in [0.2, 0.25) is 5.02 Å². The lowest BCUT2D eigenvalue weighted by molar-refractivity contribution is -0.384. The smallest absolute Gasteiger partial charge is 0.269 e. The first-order valence-corrected chi connectivity index (χ1v) is 10.2. The zero-order chi connectivity index (χ0) is 21.8. The second-order valence-electron chi connectivity index (χ2n) is 7.32. The molecule has 0 spiro atoms. The molecule has 0 radical (unpaired) electrons. The van der Waals surface area contributed by atoms with Gasteiger partial charge in [0.05, 0.1) is 18.6 Å². The number of nitro groups is 1. The number of non-ortho nitro benzene ring substituents is 1. The maximum absolute atomic E-state index is 10.8. The standard InChI is InChI=1S/C21H22ClN5O4/c1-30-19-7-4-17(22)12-16(19)13-25-8-10-26(11-9-25)14-20-23-21(24-31-20)15-2-5-18(6-3-15)27(28)29/h2-7,12H,8-11,13-14H2,1H3. The quantitative estimate of drug-likeness (QED) is 0.403. The third-order valence-corrected chi connectivity index (χ3v) is 5.50. The Bertz CT molecular complexity index is 1050. The van der Waals surface area contributed by atoms with Crippen molar-refractivity contribution in [2.45, 2.75) is 13.1 Å². The number of hydrogen-bond donors (Lipinski definition) is 0. The highest BCUT2D eigenvalue weighted by Gasteiger charge is 2.21. The number of nitrogens with zero attached hydrogens (tertiary/aromatic N) is 5. The summed E-state index contributed by atoms with van der Waals surface area (Å²) in [6.45, 7) is 4.89. The molecule has 0 amide bonds. The molecule has 162 valence electrons. The van der Waals surface area contributed by atoms with Crippen molar-refractivity contribution >= 4 is 17.3 Å². The van der Waals surface area contributed by atoms with Crippen LogP contribution in [0.4, 0.5) is 5.69 Å². The van der Waals surface area contributed by atoms with E-state index >= 15 is 0 Å². The molecule has 1 saturated heterocycles. The number of aromatic nitrogens is 2. The van der Waals surface area contributed by atoms with Crippen LogP contribution >= 0.6 is 11.6 Å². The molecule has 1 fully saturated rings. The van der Waals surface area contributed by atoms with Gasteiger partial charge < -0.3 is 9.26 Å². The maximum Gasteiger partial charge on any atom is 0.269 e. The predicted molar refractivity (Wildman–Crippen MR) is 115 cm³/mol. The monoisotopic (exact) mass is 443 g/mol. The highest BCUT2D eigenvalue weighted by Crippen LogP contribution is 2.25. The van der Waals surface area contributed by atoms with E-state index < -0.39 is 4.92 Å². The fourth-order valence-corrected chi connectivity index (χ4v) is 3.77. The summed E-state index contributed by atoms with van der Waals surface area (Å²) < 4.78 is 10.8. The highest BCUT2D eigenvalue weighted by atomic mass is 35.5. The number of hydrogen-bond acceptors (Lipinski definition) is 8. The van der Waals surface area contributed by atoms with Gasteiger partial charge in [-0.25, -0.2) is 0 Å². The van der Waals surface area contributed by atoms with Crippen molar-refractivity contribution in [3.05, 3.63) is 69.1 Å². The van der Waals surface area contributed by atoms with Gasteiger partial charge in [0, 0.05) is 61.0 Å². The molecule has 1 aliphatic rings. The van der Waals surface area contributed by atoms with Crippen molar-refractivity contribution in [1.82, 2.24) is 19.9 Å². The van der Waals surface area contributed by atoms with Gasteiger partial charge in [-0.05, 0) is 30.3 Å². The molecule has 10 heteroatoms. The highest BCUT2D eigenvalue weighted by molar-refractivity contribution is 6.30. The summed E-state index contributed by atoms with van der Waals surface area (Å²) >= 11 is 6.14. The molecule has 0 N–H and O–H groups in total. The fraction of sp³-hybridized carbons (Fsp3) is 0.333. The summed E-state index contributed by atoms with van der Waals surface area (Å²) in [7, 11) is 1.67. The van der Waals surface area contributed by atoms with Gasteiger partial charge in [-0.1, -0.05) is 16.8 Å². The normalized spacial score (nSPS) is 15.2. The van der Waals surface area contributed by atoms with Crippen molar-refractivity contribution in [2.24, 2.45) is 0 Å². The van der Waals surface area contributed by atoms with Crippen molar-refractivity contribution in [3.8, 4) is 17.1 Å². The van der Waals surface area contributed by atoms with Gasteiger partial charge in [-0.15, -0.1) is 0 Å². The Morgan fingerprint density at radius 1 is 1.10 bits per heavy atom. The lowest BCUT2D eigenvalue weighted by Crippen LogP contribution is -2.45. The van der Waals surface area contributed by atoms with E-state index in [-0.39, 0.29) is 5.69 Å². The van der Waals surface area contributed by atoms with E-state index in [1.165, 1.54) is 12.1 Å². The van der Waals surface area contributed by atoms with Gasteiger partial charge in [0.2, 0.25) is 11.7 Å². The van der Waals surface area contributed by atoms with Crippen molar-refractivity contribution < 1.29 is 14.2 Å². The van der Waals surface area contributed by atoms with E-state index in [9.17, 15) is 10.1 Å². The molecule has 31 heavy (non-hydrogen) atoms. The first-order chi connectivity index (χ1) is 15.0. The van der Waals surface area contributed by atoms with Crippen LogP contribution in [0, 0.1) is 10.1 Å². The summed E-state index contributed by atoms with van der Waals surface area (Å²) in [5.74, 6) is 1.80. The molecule has 1 aromatic heterocycles. The lowest BCUT2D eigenvalue weighted by atomic mass is 10.1. The molecular formula is C21H22ClN5O4. The third-order valence-electron chi connectivity index (χ3n) is 5.26. The lowest BCUT2D eigenvalue weighted by Gasteiger charge is -2.34. The van der Waals surface area contributed by atoms with Crippen molar-refractivity contribution in [3.63, 3.8) is 0 Å². The van der Waals surface area contributed by atoms with E-state index in [0.29, 0.717) is 28.8 Å². The number of piperazine rings is 1. The molecule has 2 aromatic carbocycles. The maximum atomic E-state index is 10.8. The topological polar surface area (TPSA) is 97.8 Å². The first kappa shape index (κ1) is 21.2. The largest absolute Gasteiger partial charge is 0.496 e. The molecular weight excluding hydrogens is 422 g/mol. The molecule has 0 unspecified atom stereocenters. The van der Waals surface area contributed by atoms with E-state index in [1.54, 1.807) is 19.2 Å². The molecule has 1 aliphatic heterocycles. The third kappa shape index (κ3) is 5.19. The van der Waals surface area contributed by atoms with Gasteiger partial charge in [0.15, 0.2) is 0 Å². The van der Waals surface area contributed by atoms with Crippen LogP contribution in [0.3, 0.4) is 0 Å². The van der Waals surface area contributed by atoms with Crippen LogP contribution in [0.1, 0.15) is 11.5 Å². The van der Waals surface area contributed by atoms with Gasteiger partial charge >= 0.3 is 0 Å². The number of benzene rings is 2. The molecule has 3 aromatic rings. The summed E-state index contributed by atoms with van der Waals surface area (Å²) in [4.78, 5) is 19.4. The van der Waals surface area contributed by atoms with Crippen LogP contribution in [0.15, 0.2) is 47.0 Å². The second-order valence-corrected chi connectivity index (χ2v) is 7.76. The SMILES string of the molecule is COc1ccc(Cl)cc1CN1CCN(Cc2nc(-c3ccc([N+](=O)[O-])cc3)no2)CC1. The molecule has 0 saturated carbocycles. The minimum Gasteiger partial charge on any atom is -0.496 e. The Morgan fingerprint density at radius 3 is 2.42 bits per heavy atom. The van der Waals surface area contributed by atoms with E-state index in [1.807, 2.05) is 18.2 Å². The van der Waals surface area contributed by atoms with Gasteiger partial charge in [-0.3, -0.25) is 19.9 Å². The Balaban J connectivity index is 1.31. The Morgan fingerprint density at radius 2 is 1.77 bits per heavy atom. The molecule has 0 bridgehead atoms. The Labute approximate surface area is 184 Å². The van der Waals surface area contributed by atoms with E-state index in [4.69, 9.17) is 20.9 Å². The average Bonchev–Trinajstić information content (AvgIpc) is 3.24. The number of methoxy groups -OCH3 is 1. The molecule has 9 nitrogen and oxygen atoms in total. The zero-order valence-corrected chi connectivity index (χ0v) is 17.8. The minimum atomic E-state index is -0.437. The predicted octanol–water partition coefficient (Wildman–Crippen LogP) is 3.62. The average molecular weight is 444 g/mol. The van der Waals surface area contributed by atoms with Crippen LogP contribution in [0.25, 0.3) is 11.4 Å². The van der Waals surface area contributed by atoms with E-state index in [0.717, 1.165) is 44.0 Å². The summed E-state index contributed by atoms with van der Waals surface area (Å²) in [6.07, 6.45) is 0. The van der Waals surface area contributed by atoms with Crippen LogP contribution < -0.4 is 4.74 Å². The van der Waals surface area contributed by atoms with Crippen molar-refractivity contribution in [1.29, 1.82) is 0 Å². The molecule has 4 rings (SSSR count). The van der Waals surface area contributed by atoms with Gasteiger partial charge in [-0.2, -0.15) is 4.98 Å².